The van der Waals surface area contributed by atoms with Gasteiger partial charge in [-0.05, 0) is 29.8 Å². The summed E-state index contributed by atoms with van der Waals surface area (Å²) >= 11 is 3.35. The van der Waals surface area contributed by atoms with Crippen LogP contribution in [0.4, 0.5) is 0 Å². The summed E-state index contributed by atoms with van der Waals surface area (Å²) in [6.07, 6.45) is -0.487. The Morgan fingerprint density at radius 3 is 2.72 bits per heavy atom. The van der Waals surface area contributed by atoms with E-state index in [0.29, 0.717) is 6.42 Å². The van der Waals surface area contributed by atoms with Crippen molar-refractivity contribution in [2.24, 2.45) is 0 Å². The first-order valence-corrected chi connectivity index (χ1v) is 6.11. The SMILES string of the molecule is O=C(O)c1ccc(C(O)Cc2cccc(Br)c2)o1. The third kappa shape index (κ3) is 3.00. The second kappa shape index (κ2) is 5.37. The lowest BCUT2D eigenvalue weighted by atomic mass is 10.1. The van der Waals surface area contributed by atoms with E-state index < -0.39 is 12.1 Å². The van der Waals surface area contributed by atoms with Crippen molar-refractivity contribution in [1.82, 2.24) is 0 Å². The zero-order valence-corrected chi connectivity index (χ0v) is 10.9. The van der Waals surface area contributed by atoms with Crippen LogP contribution >= 0.6 is 15.9 Å². The van der Waals surface area contributed by atoms with Gasteiger partial charge in [-0.25, -0.2) is 4.79 Å². The molecule has 0 amide bonds. The van der Waals surface area contributed by atoms with Gasteiger partial charge in [-0.2, -0.15) is 0 Å². The third-order valence-corrected chi connectivity index (χ3v) is 2.98. The summed E-state index contributed by atoms with van der Waals surface area (Å²) in [5.41, 5.74) is 0.935. The summed E-state index contributed by atoms with van der Waals surface area (Å²) in [7, 11) is 0. The fourth-order valence-electron chi connectivity index (χ4n) is 1.63. The number of aliphatic hydroxyl groups is 1. The molecule has 1 unspecified atom stereocenters. The molecule has 0 aliphatic rings. The van der Waals surface area contributed by atoms with Gasteiger partial charge in [0.15, 0.2) is 0 Å². The zero-order chi connectivity index (χ0) is 13.1. The lowest BCUT2D eigenvalue weighted by molar-refractivity contribution is 0.0651. The Kier molecular flexibility index (Phi) is 3.84. The Balaban J connectivity index is 2.11. The van der Waals surface area contributed by atoms with Crippen molar-refractivity contribution in [1.29, 1.82) is 0 Å². The summed E-state index contributed by atoms with van der Waals surface area (Å²) < 4.78 is 5.98. The molecule has 4 nitrogen and oxygen atoms in total. The monoisotopic (exact) mass is 310 g/mol. The summed E-state index contributed by atoms with van der Waals surface area (Å²) in [4.78, 5) is 10.7. The summed E-state index contributed by atoms with van der Waals surface area (Å²) in [5.74, 6) is -1.05. The van der Waals surface area contributed by atoms with E-state index in [4.69, 9.17) is 9.52 Å². The molecule has 5 heteroatoms. The van der Waals surface area contributed by atoms with Crippen molar-refractivity contribution >= 4 is 21.9 Å². The quantitative estimate of drug-likeness (QED) is 0.910. The molecule has 0 radical (unpaired) electrons. The van der Waals surface area contributed by atoms with Gasteiger partial charge in [0.1, 0.15) is 11.9 Å². The van der Waals surface area contributed by atoms with Gasteiger partial charge in [0.2, 0.25) is 5.76 Å². The van der Waals surface area contributed by atoms with Gasteiger partial charge in [0, 0.05) is 10.9 Å². The van der Waals surface area contributed by atoms with Crippen LogP contribution in [0.15, 0.2) is 45.3 Å². The maximum absolute atomic E-state index is 10.7. The average Bonchev–Trinajstić information content (AvgIpc) is 2.78. The lowest BCUT2D eigenvalue weighted by Gasteiger charge is -2.07. The van der Waals surface area contributed by atoms with E-state index in [1.165, 1.54) is 12.1 Å². The molecule has 1 atom stereocenters. The number of aromatic carboxylic acids is 1. The molecule has 0 fully saturated rings. The van der Waals surface area contributed by atoms with Gasteiger partial charge in [-0.15, -0.1) is 0 Å². The van der Waals surface area contributed by atoms with Crippen LogP contribution in [0.2, 0.25) is 0 Å². The van der Waals surface area contributed by atoms with E-state index in [0.717, 1.165) is 10.0 Å². The lowest BCUT2D eigenvalue weighted by Crippen LogP contribution is -2.00. The number of carboxylic acid groups (broad SMARTS) is 1. The number of hydrogen-bond donors (Lipinski definition) is 2. The number of carbonyl (C=O) groups is 1. The molecule has 2 rings (SSSR count). The molecule has 0 bridgehead atoms. The van der Waals surface area contributed by atoms with Crippen LogP contribution < -0.4 is 0 Å². The molecule has 2 N–H and O–H groups in total. The molecule has 0 saturated heterocycles. The van der Waals surface area contributed by atoms with E-state index in [-0.39, 0.29) is 11.5 Å². The van der Waals surface area contributed by atoms with Crippen molar-refractivity contribution in [2.45, 2.75) is 12.5 Å². The fourth-order valence-corrected chi connectivity index (χ4v) is 2.08. The topological polar surface area (TPSA) is 70.7 Å². The molecule has 94 valence electrons. The number of carboxylic acids is 1. The molecule has 1 aromatic heterocycles. The maximum Gasteiger partial charge on any atom is 0.371 e. The van der Waals surface area contributed by atoms with E-state index in [1.807, 2.05) is 24.3 Å². The second-order valence-electron chi connectivity index (χ2n) is 3.86. The Bertz CT molecular complexity index is 562. The van der Waals surface area contributed by atoms with Crippen LogP contribution in [0.5, 0.6) is 0 Å². The highest BCUT2D eigenvalue weighted by Gasteiger charge is 2.16. The van der Waals surface area contributed by atoms with E-state index in [1.54, 1.807) is 0 Å². The van der Waals surface area contributed by atoms with Crippen LogP contribution in [0, 0.1) is 0 Å². The minimum Gasteiger partial charge on any atom is -0.475 e. The van der Waals surface area contributed by atoms with Crippen LogP contribution in [0.25, 0.3) is 0 Å². The molecule has 2 aromatic rings. The highest BCUT2D eigenvalue weighted by molar-refractivity contribution is 9.10. The molecule has 0 saturated carbocycles. The van der Waals surface area contributed by atoms with Crippen molar-refractivity contribution in [2.75, 3.05) is 0 Å². The average molecular weight is 311 g/mol. The van der Waals surface area contributed by atoms with E-state index in [2.05, 4.69) is 15.9 Å². The highest BCUT2D eigenvalue weighted by Crippen LogP contribution is 2.22. The Labute approximate surface area is 112 Å². The van der Waals surface area contributed by atoms with Crippen LogP contribution in [-0.4, -0.2) is 16.2 Å². The largest absolute Gasteiger partial charge is 0.475 e. The standard InChI is InChI=1S/C13H11BrO4/c14-9-3-1-2-8(6-9)7-10(15)11-4-5-12(18-11)13(16)17/h1-6,10,15H,7H2,(H,16,17). The minimum atomic E-state index is -1.14. The Hall–Kier alpha value is -1.59. The van der Waals surface area contributed by atoms with Crippen LogP contribution in [0.3, 0.4) is 0 Å². The fraction of sp³-hybridized carbons (Fsp3) is 0.154. The first-order valence-electron chi connectivity index (χ1n) is 5.32. The molecule has 1 heterocycles. The van der Waals surface area contributed by atoms with Gasteiger partial charge in [0.05, 0.1) is 0 Å². The molecule has 0 spiro atoms. The smallest absolute Gasteiger partial charge is 0.371 e. The number of halogens is 1. The second-order valence-corrected chi connectivity index (χ2v) is 4.77. The van der Waals surface area contributed by atoms with Gasteiger partial charge in [-0.3, -0.25) is 0 Å². The van der Waals surface area contributed by atoms with Crippen LogP contribution in [0.1, 0.15) is 28.0 Å². The number of benzene rings is 1. The molecule has 0 aliphatic heterocycles. The van der Waals surface area contributed by atoms with Gasteiger partial charge >= 0.3 is 5.97 Å². The number of furan rings is 1. The first kappa shape index (κ1) is 12.9. The zero-order valence-electron chi connectivity index (χ0n) is 9.34. The normalized spacial score (nSPS) is 12.3. The first-order chi connectivity index (χ1) is 8.56. The molecule has 0 aliphatic carbocycles. The van der Waals surface area contributed by atoms with Gasteiger partial charge in [-0.1, -0.05) is 28.1 Å². The predicted molar refractivity (Wildman–Crippen MR) is 68.5 cm³/mol. The molecule has 1 aromatic carbocycles. The number of hydrogen-bond acceptors (Lipinski definition) is 3. The minimum absolute atomic E-state index is 0.168. The maximum atomic E-state index is 10.7. The van der Waals surface area contributed by atoms with Crippen LogP contribution in [-0.2, 0) is 6.42 Å². The van der Waals surface area contributed by atoms with E-state index in [9.17, 15) is 9.90 Å². The molecule has 18 heavy (non-hydrogen) atoms. The molecular formula is C13H11BrO4. The van der Waals surface area contributed by atoms with Crippen molar-refractivity contribution < 1.29 is 19.4 Å². The number of aliphatic hydroxyl groups excluding tert-OH is 1. The van der Waals surface area contributed by atoms with Crippen molar-refractivity contribution in [3.05, 3.63) is 58.0 Å². The van der Waals surface area contributed by atoms with Gasteiger partial charge < -0.3 is 14.6 Å². The number of rotatable bonds is 4. The highest BCUT2D eigenvalue weighted by atomic mass is 79.9. The summed E-state index contributed by atoms with van der Waals surface area (Å²) in [5, 5.41) is 18.7. The Morgan fingerprint density at radius 2 is 2.11 bits per heavy atom. The van der Waals surface area contributed by atoms with Gasteiger partial charge in [0.25, 0.3) is 0 Å². The van der Waals surface area contributed by atoms with E-state index >= 15 is 0 Å². The Morgan fingerprint density at radius 1 is 1.33 bits per heavy atom. The van der Waals surface area contributed by atoms with Crippen molar-refractivity contribution in [3.63, 3.8) is 0 Å². The third-order valence-electron chi connectivity index (χ3n) is 2.48. The van der Waals surface area contributed by atoms with Crippen molar-refractivity contribution in [3.8, 4) is 0 Å². The summed E-state index contributed by atoms with van der Waals surface area (Å²) in [6, 6.07) is 10.4. The summed E-state index contributed by atoms with van der Waals surface area (Å²) in [6.45, 7) is 0. The molecular weight excluding hydrogens is 300 g/mol. The predicted octanol–water partition coefficient (Wildman–Crippen LogP) is 3.02.